The van der Waals surface area contributed by atoms with Crippen molar-refractivity contribution in [3.05, 3.63) is 0 Å². The lowest BCUT2D eigenvalue weighted by atomic mass is 10.1. The number of aliphatic carboxylic acids is 3. The molecule has 168 valence electrons. The number of carbonyl (C=O) groups excluding carboxylic acids is 3. The van der Waals surface area contributed by atoms with E-state index >= 15 is 0 Å². The molecule has 0 saturated carbocycles. The summed E-state index contributed by atoms with van der Waals surface area (Å²) in [5.41, 5.74) is 5.44. The third-order valence-electron chi connectivity index (χ3n) is 4.56. The minimum absolute atomic E-state index is 0.221. The van der Waals surface area contributed by atoms with Gasteiger partial charge in [-0.2, -0.15) is 0 Å². The van der Waals surface area contributed by atoms with Gasteiger partial charge in [-0.05, 0) is 26.2 Å². The molecule has 1 fully saturated rings. The van der Waals surface area contributed by atoms with Crippen LogP contribution in [0.25, 0.3) is 0 Å². The Morgan fingerprint density at radius 2 is 1.67 bits per heavy atom. The maximum absolute atomic E-state index is 12.5. The fourth-order valence-electron chi connectivity index (χ4n) is 3.01. The van der Waals surface area contributed by atoms with Gasteiger partial charge in [0.05, 0.1) is 12.5 Å². The average Bonchev–Trinajstić information content (AvgIpc) is 3.13. The second-order valence-electron chi connectivity index (χ2n) is 6.96. The van der Waals surface area contributed by atoms with Crippen molar-refractivity contribution < 1.29 is 44.1 Å². The van der Waals surface area contributed by atoms with Crippen molar-refractivity contribution in [1.82, 2.24) is 15.5 Å². The highest BCUT2D eigenvalue weighted by atomic mass is 16.4. The number of nitrogens with two attached hydrogens (primary N) is 1. The second kappa shape index (κ2) is 11.1. The monoisotopic (exact) mass is 430 g/mol. The standard InChI is InChI=1S/C17H26N4O9/c1-8(16(28)21-6-2-3-11(21)17(29)30)19-15(27)10(4-5-12(22)23)20-14(26)9(18)7-13(24)25/h8-11H,2-7,18H2,1H3,(H,19,27)(H,20,26)(H,22,23)(H,24,25)(H,29,30). The minimum atomic E-state index is -1.46. The molecule has 0 aromatic heterocycles. The summed E-state index contributed by atoms with van der Waals surface area (Å²) in [6, 6.07) is -4.96. The van der Waals surface area contributed by atoms with Gasteiger partial charge in [-0.1, -0.05) is 0 Å². The first-order valence-corrected chi connectivity index (χ1v) is 9.27. The van der Waals surface area contributed by atoms with Gasteiger partial charge in [0.25, 0.3) is 0 Å². The van der Waals surface area contributed by atoms with Gasteiger partial charge < -0.3 is 36.6 Å². The Hall–Kier alpha value is -3.22. The molecule has 13 heteroatoms. The molecule has 0 aromatic carbocycles. The summed E-state index contributed by atoms with van der Waals surface area (Å²) in [6.07, 6.45) is -0.709. The van der Waals surface area contributed by atoms with E-state index in [0.717, 1.165) is 4.90 Å². The van der Waals surface area contributed by atoms with Crippen molar-refractivity contribution in [1.29, 1.82) is 0 Å². The molecule has 0 spiro atoms. The maximum atomic E-state index is 12.5. The van der Waals surface area contributed by atoms with Crippen LogP contribution in [0.15, 0.2) is 0 Å². The third-order valence-corrected chi connectivity index (χ3v) is 4.56. The highest BCUT2D eigenvalue weighted by molar-refractivity contribution is 5.94. The molecule has 1 aliphatic rings. The molecule has 4 unspecified atom stereocenters. The summed E-state index contributed by atoms with van der Waals surface area (Å²) in [5.74, 6) is -6.19. The Morgan fingerprint density at radius 1 is 1.03 bits per heavy atom. The molecule has 1 rings (SSSR count). The van der Waals surface area contributed by atoms with E-state index in [4.69, 9.17) is 15.9 Å². The average molecular weight is 430 g/mol. The topological polar surface area (TPSA) is 216 Å². The van der Waals surface area contributed by atoms with Gasteiger partial charge in [-0.3, -0.25) is 24.0 Å². The number of carboxylic acids is 3. The van der Waals surface area contributed by atoms with Crippen molar-refractivity contribution in [2.75, 3.05) is 6.54 Å². The second-order valence-corrected chi connectivity index (χ2v) is 6.96. The van der Waals surface area contributed by atoms with Crippen LogP contribution >= 0.6 is 0 Å². The largest absolute Gasteiger partial charge is 0.481 e. The van der Waals surface area contributed by atoms with Crippen LogP contribution in [0.3, 0.4) is 0 Å². The first-order valence-electron chi connectivity index (χ1n) is 9.27. The van der Waals surface area contributed by atoms with E-state index in [2.05, 4.69) is 10.6 Å². The highest BCUT2D eigenvalue weighted by Crippen LogP contribution is 2.18. The molecule has 0 radical (unpaired) electrons. The van der Waals surface area contributed by atoms with Crippen molar-refractivity contribution >= 4 is 35.6 Å². The first-order chi connectivity index (χ1) is 13.9. The minimum Gasteiger partial charge on any atom is -0.481 e. The van der Waals surface area contributed by atoms with E-state index in [1.807, 2.05) is 0 Å². The lowest BCUT2D eigenvalue weighted by Gasteiger charge is -2.27. The van der Waals surface area contributed by atoms with E-state index in [9.17, 15) is 33.9 Å². The fraction of sp³-hybridized carbons (Fsp3) is 0.647. The molecule has 0 aliphatic carbocycles. The number of rotatable bonds is 11. The zero-order valence-corrected chi connectivity index (χ0v) is 16.4. The van der Waals surface area contributed by atoms with Gasteiger partial charge in [-0.25, -0.2) is 4.79 Å². The molecule has 7 N–H and O–H groups in total. The van der Waals surface area contributed by atoms with Crippen LogP contribution < -0.4 is 16.4 Å². The summed E-state index contributed by atoms with van der Waals surface area (Å²) in [6.45, 7) is 1.56. The van der Waals surface area contributed by atoms with Gasteiger partial charge in [0, 0.05) is 13.0 Å². The molecule has 30 heavy (non-hydrogen) atoms. The van der Waals surface area contributed by atoms with Crippen LogP contribution in [-0.2, 0) is 28.8 Å². The van der Waals surface area contributed by atoms with Crippen molar-refractivity contribution in [2.24, 2.45) is 5.73 Å². The number of amides is 3. The van der Waals surface area contributed by atoms with Crippen molar-refractivity contribution in [2.45, 2.75) is 63.2 Å². The fourth-order valence-corrected chi connectivity index (χ4v) is 3.01. The van der Waals surface area contributed by atoms with E-state index in [-0.39, 0.29) is 13.0 Å². The molecule has 4 atom stereocenters. The van der Waals surface area contributed by atoms with Gasteiger partial charge in [0.2, 0.25) is 17.7 Å². The Labute approximate surface area is 171 Å². The molecule has 0 bridgehead atoms. The van der Waals surface area contributed by atoms with Crippen LogP contribution in [0.1, 0.15) is 39.0 Å². The van der Waals surface area contributed by atoms with E-state index < -0.39 is 72.6 Å². The maximum Gasteiger partial charge on any atom is 0.326 e. The van der Waals surface area contributed by atoms with E-state index in [1.165, 1.54) is 6.92 Å². The van der Waals surface area contributed by atoms with Gasteiger partial charge >= 0.3 is 17.9 Å². The van der Waals surface area contributed by atoms with Gasteiger partial charge in [-0.15, -0.1) is 0 Å². The van der Waals surface area contributed by atoms with E-state index in [1.54, 1.807) is 0 Å². The lowest BCUT2D eigenvalue weighted by Crippen LogP contribution is -2.56. The number of nitrogens with zero attached hydrogens (tertiary/aromatic N) is 1. The Balaban J connectivity index is 2.81. The SMILES string of the molecule is CC(NC(=O)C(CCC(=O)O)NC(=O)C(N)CC(=O)O)C(=O)N1CCCC1C(=O)O. The van der Waals surface area contributed by atoms with E-state index in [0.29, 0.717) is 12.8 Å². The summed E-state index contributed by atoms with van der Waals surface area (Å²) >= 11 is 0. The van der Waals surface area contributed by atoms with Crippen LogP contribution in [-0.4, -0.2) is 86.6 Å². The Morgan fingerprint density at radius 3 is 2.20 bits per heavy atom. The number of nitrogens with one attached hydrogen (secondary N) is 2. The summed E-state index contributed by atoms with van der Waals surface area (Å²) in [5, 5.41) is 31.2. The molecular weight excluding hydrogens is 404 g/mol. The lowest BCUT2D eigenvalue weighted by molar-refractivity contribution is -0.149. The molecule has 0 aromatic rings. The van der Waals surface area contributed by atoms with Crippen molar-refractivity contribution in [3.63, 3.8) is 0 Å². The summed E-state index contributed by atoms with van der Waals surface area (Å²) in [7, 11) is 0. The number of hydrogen-bond acceptors (Lipinski definition) is 7. The smallest absolute Gasteiger partial charge is 0.326 e. The zero-order chi connectivity index (χ0) is 23.0. The normalized spacial score (nSPS) is 18.7. The van der Waals surface area contributed by atoms with Gasteiger partial charge in [0.15, 0.2) is 0 Å². The zero-order valence-electron chi connectivity index (χ0n) is 16.4. The third kappa shape index (κ3) is 7.31. The predicted octanol–water partition coefficient (Wildman–Crippen LogP) is -2.28. The quantitative estimate of drug-likeness (QED) is 0.206. The first kappa shape index (κ1) is 24.8. The Kier molecular flexibility index (Phi) is 9.17. The molecule has 1 saturated heterocycles. The van der Waals surface area contributed by atoms with Crippen LogP contribution in [0.5, 0.6) is 0 Å². The molecule has 1 heterocycles. The molecule has 13 nitrogen and oxygen atoms in total. The summed E-state index contributed by atoms with van der Waals surface area (Å²) < 4.78 is 0. The molecule has 1 aliphatic heterocycles. The number of carboxylic acid groups (broad SMARTS) is 3. The van der Waals surface area contributed by atoms with Crippen LogP contribution in [0.2, 0.25) is 0 Å². The summed E-state index contributed by atoms with van der Waals surface area (Å²) in [4.78, 5) is 70.9. The number of hydrogen-bond donors (Lipinski definition) is 6. The molecular formula is C17H26N4O9. The van der Waals surface area contributed by atoms with Crippen LogP contribution in [0, 0.1) is 0 Å². The predicted molar refractivity (Wildman–Crippen MR) is 99.0 cm³/mol. The number of carbonyl (C=O) groups is 6. The highest BCUT2D eigenvalue weighted by Gasteiger charge is 2.37. The molecule has 3 amide bonds. The van der Waals surface area contributed by atoms with Crippen LogP contribution in [0.4, 0.5) is 0 Å². The van der Waals surface area contributed by atoms with Crippen molar-refractivity contribution in [3.8, 4) is 0 Å². The van der Waals surface area contributed by atoms with Gasteiger partial charge in [0.1, 0.15) is 18.1 Å². The number of likely N-dealkylation sites (tertiary alicyclic amines) is 1. The Bertz CT molecular complexity index is 711.